The Morgan fingerprint density at radius 2 is 1.70 bits per heavy atom. The third-order valence-electron chi connectivity index (χ3n) is 6.14. The fourth-order valence-electron chi connectivity index (χ4n) is 4.30. The number of fused-ring (bicyclic) bond motifs is 1. The van der Waals surface area contributed by atoms with Crippen LogP contribution in [0.3, 0.4) is 0 Å². The second kappa shape index (κ2) is 10.5. The van der Waals surface area contributed by atoms with E-state index in [1.165, 1.54) is 11.4 Å². The van der Waals surface area contributed by atoms with Crippen LogP contribution in [-0.4, -0.2) is 23.8 Å². The van der Waals surface area contributed by atoms with Crippen molar-refractivity contribution < 1.29 is 18.7 Å². The number of carbonyl (C=O) groups excluding carboxylic acids is 1. The number of aryl methyl sites for hydroxylation is 2. The summed E-state index contributed by atoms with van der Waals surface area (Å²) < 4.78 is 19.1. The van der Waals surface area contributed by atoms with Crippen molar-refractivity contribution in [3.8, 4) is 17.2 Å². The molecular formula is C30H27N3O4. The van der Waals surface area contributed by atoms with Gasteiger partial charge < -0.3 is 18.5 Å². The lowest BCUT2D eigenvalue weighted by Gasteiger charge is -2.10. The Morgan fingerprint density at radius 1 is 0.946 bits per heavy atom. The highest BCUT2D eigenvalue weighted by atomic mass is 16.5. The summed E-state index contributed by atoms with van der Waals surface area (Å²) in [6, 6.07) is 27.1. The average Bonchev–Trinajstić information content (AvgIpc) is 3.54. The van der Waals surface area contributed by atoms with Crippen molar-refractivity contribution >= 4 is 22.9 Å². The first-order valence-electron chi connectivity index (χ1n) is 11.9. The van der Waals surface area contributed by atoms with Crippen LogP contribution >= 0.6 is 0 Å². The highest BCUT2D eigenvalue weighted by molar-refractivity contribution is 6.03. The molecule has 0 atom stereocenters. The molecular weight excluding hydrogens is 466 g/mol. The van der Waals surface area contributed by atoms with Crippen LogP contribution in [0.25, 0.3) is 16.5 Å². The lowest BCUT2D eigenvalue weighted by atomic mass is 10.0. The van der Waals surface area contributed by atoms with Gasteiger partial charge in [-0.05, 0) is 79.2 Å². The molecule has 0 saturated carbocycles. The molecule has 0 unspecified atom stereocenters. The van der Waals surface area contributed by atoms with E-state index in [4.69, 9.17) is 13.9 Å². The molecule has 1 N–H and O–H groups in total. The van der Waals surface area contributed by atoms with Gasteiger partial charge in [0.15, 0.2) is 5.76 Å². The number of carbonyl (C=O) groups is 1. The quantitative estimate of drug-likeness (QED) is 0.206. The largest absolute Gasteiger partial charge is 0.496 e. The molecule has 7 heteroatoms. The van der Waals surface area contributed by atoms with Crippen LogP contribution in [-0.2, 0) is 6.61 Å². The number of hydrazone groups is 1. The zero-order chi connectivity index (χ0) is 25.8. The second-order valence-electron chi connectivity index (χ2n) is 8.60. The number of hydrogen-bond donors (Lipinski definition) is 1. The lowest BCUT2D eigenvalue weighted by Crippen LogP contribution is -2.17. The van der Waals surface area contributed by atoms with E-state index in [9.17, 15) is 4.79 Å². The molecule has 1 amide bonds. The summed E-state index contributed by atoms with van der Waals surface area (Å²) in [5, 5.41) is 6.15. The minimum atomic E-state index is -0.455. The van der Waals surface area contributed by atoms with E-state index in [0.717, 1.165) is 22.0 Å². The number of furan rings is 1. The van der Waals surface area contributed by atoms with E-state index in [-0.39, 0.29) is 12.4 Å². The zero-order valence-electron chi connectivity index (χ0n) is 20.9. The van der Waals surface area contributed by atoms with Crippen LogP contribution in [0.4, 0.5) is 0 Å². The molecule has 7 nitrogen and oxygen atoms in total. The highest BCUT2D eigenvalue weighted by Crippen LogP contribution is 2.26. The van der Waals surface area contributed by atoms with Gasteiger partial charge in [-0.15, -0.1) is 0 Å². The summed E-state index contributed by atoms with van der Waals surface area (Å²) in [4.78, 5) is 12.6. The number of benzene rings is 3. The number of ether oxygens (including phenoxy) is 2. The van der Waals surface area contributed by atoms with Crippen molar-refractivity contribution in [3.63, 3.8) is 0 Å². The summed E-state index contributed by atoms with van der Waals surface area (Å²) in [6.07, 6.45) is 1.58. The van der Waals surface area contributed by atoms with Gasteiger partial charge >= 0.3 is 5.91 Å². The average molecular weight is 494 g/mol. The predicted octanol–water partition coefficient (Wildman–Crippen LogP) is 6.19. The summed E-state index contributed by atoms with van der Waals surface area (Å²) in [5.41, 5.74) is 6.72. The van der Waals surface area contributed by atoms with Crippen LogP contribution in [0, 0.1) is 13.8 Å². The van der Waals surface area contributed by atoms with Crippen molar-refractivity contribution in [1.82, 2.24) is 9.99 Å². The van der Waals surface area contributed by atoms with Crippen molar-refractivity contribution in [3.05, 3.63) is 113 Å². The van der Waals surface area contributed by atoms with Gasteiger partial charge in [0.2, 0.25) is 0 Å². The molecule has 2 heterocycles. The Labute approximate surface area is 214 Å². The van der Waals surface area contributed by atoms with E-state index >= 15 is 0 Å². The molecule has 3 aromatic carbocycles. The zero-order valence-corrected chi connectivity index (χ0v) is 20.9. The van der Waals surface area contributed by atoms with Gasteiger partial charge in [-0.3, -0.25) is 4.79 Å². The van der Waals surface area contributed by atoms with Gasteiger partial charge in [0, 0.05) is 22.6 Å². The van der Waals surface area contributed by atoms with Gasteiger partial charge in [0.05, 0.1) is 13.3 Å². The standard InChI is InChI=1S/C30H27N3O4/c1-20-8-9-21(2)33(20)23-11-13-24(14-12-23)36-19-25-15-17-29(37-25)30(34)32-31-18-27-26-7-5-4-6-22(26)10-16-28(27)35-3/h4-18H,19H2,1-3H3,(H,32,34). The minimum absolute atomic E-state index is 0.148. The van der Waals surface area contributed by atoms with Gasteiger partial charge in [-0.25, -0.2) is 5.43 Å². The molecule has 0 radical (unpaired) electrons. The molecule has 0 aliphatic carbocycles. The SMILES string of the molecule is COc1ccc2ccccc2c1C=NNC(=O)c1ccc(COc2ccc(-n3c(C)ccc3C)cc2)o1. The maximum Gasteiger partial charge on any atom is 0.307 e. The predicted molar refractivity (Wildman–Crippen MR) is 144 cm³/mol. The Morgan fingerprint density at radius 3 is 2.46 bits per heavy atom. The molecule has 2 aromatic heterocycles. The Hall–Kier alpha value is -4.78. The van der Waals surface area contributed by atoms with E-state index < -0.39 is 5.91 Å². The van der Waals surface area contributed by atoms with Gasteiger partial charge in [-0.2, -0.15) is 5.10 Å². The first-order valence-corrected chi connectivity index (χ1v) is 11.9. The van der Waals surface area contributed by atoms with Crippen molar-refractivity contribution in [2.75, 3.05) is 7.11 Å². The number of amides is 1. The fraction of sp³-hybridized carbons (Fsp3) is 0.133. The normalized spacial score (nSPS) is 11.2. The number of aromatic nitrogens is 1. The van der Waals surface area contributed by atoms with E-state index in [2.05, 4.69) is 41.1 Å². The van der Waals surface area contributed by atoms with E-state index in [1.807, 2.05) is 60.7 Å². The number of nitrogens with one attached hydrogen (secondary N) is 1. The molecule has 37 heavy (non-hydrogen) atoms. The first-order chi connectivity index (χ1) is 18.0. The molecule has 0 aliphatic rings. The molecule has 186 valence electrons. The molecule has 0 fully saturated rings. The fourth-order valence-corrected chi connectivity index (χ4v) is 4.30. The van der Waals surface area contributed by atoms with Gasteiger partial charge in [0.25, 0.3) is 0 Å². The summed E-state index contributed by atoms with van der Waals surface area (Å²) >= 11 is 0. The first kappa shape index (κ1) is 23.9. The lowest BCUT2D eigenvalue weighted by molar-refractivity contribution is 0.0923. The van der Waals surface area contributed by atoms with E-state index in [0.29, 0.717) is 17.3 Å². The third kappa shape index (κ3) is 5.11. The van der Waals surface area contributed by atoms with Crippen LogP contribution in [0.5, 0.6) is 11.5 Å². The van der Waals surface area contributed by atoms with Gasteiger partial charge in [-0.1, -0.05) is 30.3 Å². The van der Waals surface area contributed by atoms with Crippen molar-refractivity contribution in [2.45, 2.75) is 20.5 Å². The van der Waals surface area contributed by atoms with Crippen LogP contribution in [0.15, 0.2) is 94.4 Å². The third-order valence-corrected chi connectivity index (χ3v) is 6.14. The molecule has 0 saturated heterocycles. The Bertz CT molecular complexity index is 1560. The van der Waals surface area contributed by atoms with E-state index in [1.54, 1.807) is 25.5 Å². The summed E-state index contributed by atoms with van der Waals surface area (Å²) in [5.74, 6) is 1.60. The van der Waals surface area contributed by atoms with Gasteiger partial charge in [0.1, 0.15) is 23.9 Å². The number of hydrogen-bond acceptors (Lipinski definition) is 5. The van der Waals surface area contributed by atoms with Crippen molar-refractivity contribution in [2.24, 2.45) is 5.10 Å². The Kier molecular flexibility index (Phi) is 6.76. The number of methoxy groups -OCH3 is 1. The summed E-state index contributed by atoms with van der Waals surface area (Å²) in [6.45, 7) is 4.35. The molecule has 0 spiro atoms. The number of nitrogens with zero attached hydrogens (tertiary/aromatic N) is 2. The maximum absolute atomic E-state index is 12.6. The molecule has 0 aliphatic heterocycles. The van der Waals surface area contributed by atoms with Crippen LogP contribution < -0.4 is 14.9 Å². The molecule has 5 aromatic rings. The van der Waals surface area contributed by atoms with Crippen molar-refractivity contribution in [1.29, 1.82) is 0 Å². The monoisotopic (exact) mass is 493 g/mol. The van der Waals surface area contributed by atoms with Crippen LogP contribution in [0.2, 0.25) is 0 Å². The smallest absolute Gasteiger partial charge is 0.307 e. The molecule has 0 bridgehead atoms. The summed E-state index contributed by atoms with van der Waals surface area (Å²) in [7, 11) is 1.60. The van der Waals surface area contributed by atoms with Crippen LogP contribution in [0.1, 0.15) is 33.3 Å². The molecule has 5 rings (SSSR count). The minimum Gasteiger partial charge on any atom is -0.496 e. The topological polar surface area (TPSA) is 78.0 Å². The Balaban J connectivity index is 1.20. The second-order valence-corrected chi connectivity index (χ2v) is 8.60. The maximum atomic E-state index is 12.6. The number of rotatable bonds is 8. The highest BCUT2D eigenvalue weighted by Gasteiger charge is 2.12.